The molecule has 1 aliphatic heterocycles. The van der Waals surface area contributed by atoms with E-state index in [2.05, 4.69) is 6.07 Å². The van der Waals surface area contributed by atoms with Gasteiger partial charge in [-0.05, 0) is 50.2 Å². The van der Waals surface area contributed by atoms with E-state index in [0.717, 1.165) is 43.6 Å². The second-order valence-electron chi connectivity index (χ2n) is 5.77. The predicted molar refractivity (Wildman–Crippen MR) is 85.9 cm³/mol. The molecule has 5 heteroatoms. The molecule has 2 aliphatic rings. The Balaban J connectivity index is 0.00000147. The zero-order valence-electron chi connectivity index (χ0n) is 11.8. The van der Waals surface area contributed by atoms with Crippen molar-refractivity contribution in [2.75, 3.05) is 13.1 Å². The van der Waals surface area contributed by atoms with Gasteiger partial charge in [-0.1, -0.05) is 6.42 Å². The molecule has 20 heavy (non-hydrogen) atoms. The van der Waals surface area contributed by atoms with Gasteiger partial charge < -0.3 is 10.6 Å². The minimum atomic E-state index is 0. The minimum absolute atomic E-state index is 0. The molecule has 1 amide bonds. The van der Waals surface area contributed by atoms with Gasteiger partial charge in [-0.2, -0.15) is 0 Å². The smallest absolute Gasteiger partial charge is 0.263 e. The molecule has 2 N–H and O–H groups in total. The number of hydrogen-bond donors (Lipinski definition) is 1. The van der Waals surface area contributed by atoms with Crippen LogP contribution in [0.2, 0.25) is 0 Å². The standard InChI is InChI=1S/C15H22N2OS.ClH/c16-12-6-4-8-17(10-12)15(18)14-9-11-5-2-1-3-7-13(11)19-14;/h9,12H,1-8,10,16H2;1H. The van der Waals surface area contributed by atoms with Gasteiger partial charge in [-0.3, -0.25) is 4.79 Å². The maximum absolute atomic E-state index is 12.5. The van der Waals surface area contributed by atoms with Crippen molar-refractivity contribution in [3.8, 4) is 0 Å². The summed E-state index contributed by atoms with van der Waals surface area (Å²) in [4.78, 5) is 16.9. The SMILES string of the molecule is Cl.NC1CCCN(C(=O)c2cc3c(s2)CCCCC3)C1. The molecule has 112 valence electrons. The molecule has 1 atom stereocenters. The molecular weight excluding hydrogens is 292 g/mol. The minimum Gasteiger partial charge on any atom is -0.336 e. The maximum atomic E-state index is 12.5. The summed E-state index contributed by atoms with van der Waals surface area (Å²) in [7, 11) is 0. The number of amides is 1. The number of aryl methyl sites for hydroxylation is 2. The monoisotopic (exact) mass is 314 g/mol. The Kier molecular flexibility index (Phi) is 5.47. The molecule has 1 aromatic rings. The number of nitrogens with two attached hydrogens (primary N) is 1. The lowest BCUT2D eigenvalue weighted by Gasteiger charge is -2.30. The van der Waals surface area contributed by atoms with Gasteiger partial charge in [0.2, 0.25) is 0 Å². The second kappa shape index (κ2) is 6.92. The van der Waals surface area contributed by atoms with Crippen LogP contribution in [-0.4, -0.2) is 29.9 Å². The average molecular weight is 315 g/mol. The molecular formula is C15H23ClN2OS. The third-order valence-corrected chi connectivity index (χ3v) is 5.43. The summed E-state index contributed by atoms with van der Waals surface area (Å²) in [5.74, 6) is 0.202. The highest BCUT2D eigenvalue weighted by Crippen LogP contribution is 2.30. The highest BCUT2D eigenvalue weighted by molar-refractivity contribution is 7.14. The lowest BCUT2D eigenvalue weighted by atomic mass is 10.1. The van der Waals surface area contributed by atoms with Crippen LogP contribution in [0, 0.1) is 0 Å². The van der Waals surface area contributed by atoms with E-state index in [1.165, 1.54) is 29.7 Å². The highest BCUT2D eigenvalue weighted by Gasteiger charge is 2.24. The molecule has 2 heterocycles. The van der Waals surface area contributed by atoms with Crippen LogP contribution in [0.4, 0.5) is 0 Å². The Morgan fingerprint density at radius 1 is 1.25 bits per heavy atom. The Bertz CT molecular complexity index is 451. The molecule has 1 aromatic heterocycles. The van der Waals surface area contributed by atoms with Crippen LogP contribution in [0.25, 0.3) is 0 Å². The molecule has 0 radical (unpaired) electrons. The van der Waals surface area contributed by atoms with E-state index in [4.69, 9.17) is 5.73 Å². The van der Waals surface area contributed by atoms with E-state index < -0.39 is 0 Å². The Morgan fingerprint density at radius 2 is 2.05 bits per heavy atom. The van der Waals surface area contributed by atoms with Crippen LogP contribution in [0.5, 0.6) is 0 Å². The van der Waals surface area contributed by atoms with Crippen LogP contribution < -0.4 is 5.73 Å². The number of fused-ring (bicyclic) bond motifs is 1. The van der Waals surface area contributed by atoms with Crippen molar-refractivity contribution in [1.29, 1.82) is 0 Å². The summed E-state index contributed by atoms with van der Waals surface area (Å²) in [5.41, 5.74) is 7.39. The molecule has 0 saturated carbocycles. The molecule has 1 aliphatic carbocycles. The summed E-state index contributed by atoms with van der Waals surface area (Å²) in [5, 5.41) is 0. The molecule has 3 nitrogen and oxygen atoms in total. The van der Waals surface area contributed by atoms with Gasteiger partial charge in [-0.25, -0.2) is 0 Å². The zero-order chi connectivity index (χ0) is 13.2. The van der Waals surface area contributed by atoms with E-state index in [-0.39, 0.29) is 24.4 Å². The Labute approximate surface area is 130 Å². The first kappa shape index (κ1) is 15.8. The normalized spacial score (nSPS) is 22.6. The third kappa shape index (κ3) is 3.35. The second-order valence-corrected chi connectivity index (χ2v) is 6.91. The van der Waals surface area contributed by atoms with Crippen LogP contribution in [0.15, 0.2) is 6.07 Å². The van der Waals surface area contributed by atoms with Crippen molar-refractivity contribution >= 4 is 29.7 Å². The van der Waals surface area contributed by atoms with Crippen LogP contribution in [-0.2, 0) is 12.8 Å². The summed E-state index contributed by atoms with van der Waals surface area (Å²) in [6.07, 6.45) is 8.27. The fourth-order valence-corrected chi connectivity index (χ4v) is 4.34. The number of carbonyl (C=O) groups excluding carboxylic acids is 1. The van der Waals surface area contributed by atoms with Gasteiger partial charge in [0.25, 0.3) is 5.91 Å². The van der Waals surface area contributed by atoms with E-state index in [1.807, 2.05) is 4.90 Å². The van der Waals surface area contributed by atoms with Crippen molar-refractivity contribution < 1.29 is 4.79 Å². The highest BCUT2D eigenvalue weighted by atomic mass is 35.5. The summed E-state index contributed by atoms with van der Waals surface area (Å²) in [6.45, 7) is 1.59. The number of thiophene rings is 1. The number of hydrogen-bond acceptors (Lipinski definition) is 3. The first-order valence-corrected chi connectivity index (χ1v) is 8.22. The summed E-state index contributed by atoms with van der Waals surface area (Å²) >= 11 is 1.72. The molecule has 0 bridgehead atoms. The fraction of sp³-hybridized carbons (Fsp3) is 0.667. The summed E-state index contributed by atoms with van der Waals surface area (Å²) < 4.78 is 0. The number of carbonyl (C=O) groups is 1. The molecule has 0 spiro atoms. The van der Waals surface area contributed by atoms with Crippen molar-refractivity contribution in [3.05, 3.63) is 21.4 Å². The van der Waals surface area contributed by atoms with Crippen LogP contribution in [0.1, 0.15) is 52.2 Å². The number of likely N-dealkylation sites (tertiary alicyclic amines) is 1. The van der Waals surface area contributed by atoms with Gasteiger partial charge in [0, 0.05) is 24.0 Å². The molecule has 1 fully saturated rings. The van der Waals surface area contributed by atoms with Crippen LogP contribution in [0.3, 0.4) is 0 Å². The predicted octanol–water partition coefficient (Wildman–Crippen LogP) is 3.00. The molecule has 0 aromatic carbocycles. The number of piperidine rings is 1. The first-order chi connectivity index (χ1) is 9.24. The van der Waals surface area contributed by atoms with Gasteiger partial charge in [0.05, 0.1) is 4.88 Å². The Hall–Kier alpha value is -0.580. The Morgan fingerprint density at radius 3 is 2.85 bits per heavy atom. The number of nitrogens with zero attached hydrogens (tertiary/aromatic N) is 1. The lowest BCUT2D eigenvalue weighted by Crippen LogP contribution is -2.45. The van der Waals surface area contributed by atoms with Gasteiger partial charge >= 0.3 is 0 Å². The lowest BCUT2D eigenvalue weighted by molar-refractivity contribution is 0.0713. The number of rotatable bonds is 1. The van der Waals surface area contributed by atoms with E-state index in [1.54, 1.807) is 11.3 Å². The van der Waals surface area contributed by atoms with Crippen molar-refractivity contribution in [2.45, 2.75) is 51.0 Å². The summed E-state index contributed by atoms with van der Waals surface area (Å²) in [6, 6.07) is 2.31. The topological polar surface area (TPSA) is 46.3 Å². The van der Waals surface area contributed by atoms with E-state index >= 15 is 0 Å². The van der Waals surface area contributed by atoms with Crippen molar-refractivity contribution in [1.82, 2.24) is 4.90 Å². The molecule has 3 rings (SSSR count). The van der Waals surface area contributed by atoms with Crippen molar-refractivity contribution in [2.24, 2.45) is 5.73 Å². The van der Waals surface area contributed by atoms with Gasteiger partial charge in [0.15, 0.2) is 0 Å². The van der Waals surface area contributed by atoms with Crippen LogP contribution >= 0.6 is 23.7 Å². The third-order valence-electron chi connectivity index (χ3n) is 4.20. The number of halogens is 1. The van der Waals surface area contributed by atoms with E-state index in [9.17, 15) is 4.79 Å². The van der Waals surface area contributed by atoms with E-state index in [0.29, 0.717) is 0 Å². The first-order valence-electron chi connectivity index (χ1n) is 7.40. The largest absolute Gasteiger partial charge is 0.336 e. The van der Waals surface area contributed by atoms with Crippen molar-refractivity contribution in [3.63, 3.8) is 0 Å². The van der Waals surface area contributed by atoms with Gasteiger partial charge in [0.1, 0.15) is 0 Å². The average Bonchev–Trinajstić information content (AvgIpc) is 2.69. The molecule has 1 saturated heterocycles. The zero-order valence-corrected chi connectivity index (χ0v) is 13.4. The fourth-order valence-electron chi connectivity index (χ4n) is 3.12. The maximum Gasteiger partial charge on any atom is 0.263 e. The van der Waals surface area contributed by atoms with Gasteiger partial charge in [-0.15, -0.1) is 23.7 Å². The molecule has 1 unspecified atom stereocenters. The quantitative estimate of drug-likeness (QED) is 0.810.